The summed E-state index contributed by atoms with van der Waals surface area (Å²) >= 11 is 14.0. The van der Waals surface area contributed by atoms with Crippen LogP contribution < -0.4 is 5.73 Å². The zero-order valence-corrected chi connectivity index (χ0v) is 38.9. The molecule has 9 aromatic rings. The van der Waals surface area contributed by atoms with Crippen LogP contribution in [0.25, 0.3) is 32.3 Å². The third-order valence-corrected chi connectivity index (χ3v) is 15.0. The first-order valence-corrected chi connectivity index (χ1v) is 24.1. The molecule has 3 aromatic heterocycles. The zero-order chi connectivity index (χ0) is 40.2. The monoisotopic (exact) mass is 962 g/mol. The molecule has 0 aliphatic carbocycles. The molecule has 0 saturated carbocycles. The van der Waals surface area contributed by atoms with Crippen molar-refractivity contribution in [3.8, 4) is 0 Å². The summed E-state index contributed by atoms with van der Waals surface area (Å²) in [6, 6.07) is 42.2. The Morgan fingerprint density at radius 1 is 0.621 bits per heavy atom. The van der Waals surface area contributed by atoms with Crippen molar-refractivity contribution in [3.05, 3.63) is 163 Å². The molecule has 0 atom stereocenters. The Hall–Kier alpha value is -3.63. The van der Waals surface area contributed by atoms with Gasteiger partial charge in [0.15, 0.2) is 5.03 Å². The molecular formula is C44H40BrClN4O2S6. The normalized spacial score (nSPS) is 10.8. The highest BCUT2D eigenvalue weighted by molar-refractivity contribution is 9.10. The maximum Gasteiger partial charge on any atom is 0.224 e. The Morgan fingerprint density at radius 3 is 1.67 bits per heavy atom. The van der Waals surface area contributed by atoms with Gasteiger partial charge in [-0.1, -0.05) is 117 Å². The van der Waals surface area contributed by atoms with Gasteiger partial charge in [0.25, 0.3) is 0 Å². The van der Waals surface area contributed by atoms with Crippen LogP contribution in [0.15, 0.2) is 173 Å². The molecule has 6 aromatic carbocycles. The number of aromatic nitrogens is 3. The average molecular weight is 965 g/mol. The molecule has 3 heterocycles. The highest BCUT2D eigenvalue weighted by atomic mass is 79.9. The number of benzene rings is 6. The van der Waals surface area contributed by atoms with Crippen molar-refractivity contribution in [2.75, 3.05) is 0 Å². The van der Waals surface area contributed by atoms with Crippen LogP contribution in [0.3, 0.4) is 0 Å². The van der Waals surface area contributed by atoms with Crippen LogP contribution in [0.5, 0.6) is 0 Å². The smallest absolute Gasteiger partial charge is 0.224 e. The largest absolute Gasteiger partial charge is 0.325 e. The summed E-state index contributed by atoms with van der Waals surface area (Å²) in [5, 5.41) is 16.8. The minimum atomic E-state index is -3.58. The van der Waals surface area contributed by atoms with Crippen LogP contribution in [0, 0.1) is 0 Å². The Morgan fingerprint density at radius 2 is 1.14 bits per heavy atom. The molecular weight excluding hydrogens is 924 g/mol. The van der Waals surface area contributed by atoms with Gasteiger partial charge in [-0.2, -0.15) is 0 Å². The number of halogens is 2. The summed E-state index contributed by atoms with van der Waals surface area (Å²) in [6.45, 7) is 4.49. The fourth-order valence-electron chi connectivity index (χ4n) is 5.45. The lowest BCUT2D eigenvalue weighted by molar-refractivity contribution is 0.593. The van der Waals surface area contributed by atoms with E-state index in [-0.39, 0.29) is 28.9 Å². The van der Waals surface area contributed by atoms with Crippen molar-refractivity contribution in [1.29, 1.82) is 0 Å². The number of rotatable bonds is 7. The Kier molecular flexibility index (Phi) is 17.3. The Balaban J connectivity index is 0.000000154. The molecule has 0 aliphatic heterocycles. The molecule has 0 unspecified atom stereocenters. The molecule has 0 saturated heterocycles. The second kappa shape index (κ2) is 22.1. The molecule has 0 fully saturated rings. The summed E-state index contributed by atoms with van der Waals surface area (Å²) in [7, 11) is -3.58. The van der Waals surface area contributed by atoms with Crippen molar-refractivity contribution < 1.29 is 8.42 Å². The second-order valence-electron chi connectivity index (χ2n) is 12.3. The van der Waals surface area contributed by atoms with E-state index in [2.05, 4.69) is 129 Å². The number of aryl methyl sites for hydroxylation is 2. The molecule has 298 valence electrons. The van der Waals surface area contributed by atoms with E-state index < -0.39 is 9.84 Å². The number of nitrogens with zero attached hydrogens (tertiary/aromatic N) is 3. The van der Waals surface area contributed by atoms with E-state index in [1.807, 2.05) is 47.8 Å². The highest BCUT2D eigenvalue weighted by Crippen LogP contribution is 2.31. The second-order valence-corrected chi connectivity index (χ2v) is 19.4. The number of fused-ring (bicyclic) bond motifs is 3. The van der Waals surface area contributed by atoms with E-state index in [4.69, 9.17) is 5.73 Å². The first-order valence-electron chi connectivity index (χ1n) is 17.9. The van der Waals surface area contributed by atoms with Crippen molar-refractivity contribution in [2.24, 2.45) is 5.73 Å². The molecule has 0 radical (unpaired) electrons. The maximum atomic E-state index is 12.5. The lowest BCUT2D eigenvalue weighted by Crippen LogP contribution is -2.03. The van der Waals surface area contributed by atoms with Gasteiger partial charge in [-0.15, -0.1) is 59.0 Å². The first kappa shape index (κ1) is 45.5. The van der Waals surface area contributed by atoms with Gasteiger partial charge in [0.05, 0.1) is 14.9 Å². The standard InChI is InChI=1S/C15H13NS2.C14H12N2O2S2.C10H8S.C5H6BrNS.ClH/c1-2-14-16-15(10-17-14)18-13-8-7-11-5-3-4-6-12(11)9-13;15-8-13-16-14(9-19-13)20(17,18)12-6-5-10-3-1-2-4-11(10)7-12;11-10-6-5-8-3-1-2-4-9(8)7-10;1-2-5-7-4(6)3-8-5;/h3-10H,2H2,1H3;1-7,9H,8,15H2;1-7,11H;3H,2H2,1H3;1H. The van der Waals surface area contributed by atoms with E-state index in [1.165, 1.54) is 53.2 Å². The first-order chi connectivity index (χ1) is 27.6. The lowest BCUT2D eigenvalue weighted by Gasteiger charge is -2.03. The molecule has 58 heavy (non-hydrogen) atoms. The topological polar surface area (TPSA) is 98.8 Å². The average Bonchev–Trinajstić information content (AvgIpc) is 4.03. The van der Waals surface area contributed by atoms with E-state index in [1.54, 1.807) is 52.6 Å². The van der Waals surface area contributed by atoms with E-state index in [0.717, 1.165) is 38.1 Å². The number of hydrogen-bond acceptors (Lipinski definition) is 11. The fraction of sp³-hybridized carbons (Fsp3) is 0.114. The Labute approximate surface area is 375 Å². The number of thiol groups is 1. The van der Waals surface area contributed by atoms with Crippen LogP contribution in [0.1, 0.15) is 28.9 Å². The summed E-state index contributed by atoms with van der Waals surface area (Å²) in [6.07, 6.45) is 2.05. The summed E-state index contributed by atoms with van der Waals surface area (Å²) in [5.74, 6) is 0. The fourth-order valence-corrected chi connectivity index (χ4v) is 10.8. The predicted octanol–water partition coefficient (Wildman–Crippen LogP) is 13.6. The van der Waals surface area contributed by atoms with Crippen molar-refractivity contribution >= 4 is 129 Å². The van der Waals surface area contributed by atoms with Gasteiger partial charge in [0.1, 0.15) is 14.6 Å². The van der Waals surface area contributed by atoms with Gasteiger partial charge in [0.2, 0.25) is 9.84 Å². The lowest BCUT2D eigenvalue weighted by atomic mass is 10.1. The molecule has 0 spiro atoms. The van der Waals surface area contributed by atoms with Gasteiger partial charge in [-0.05, 0) is 97.5 Å². The number of hydrogen-bond donors (Lipinski definition) is 2. The summed E-state index contributed by atoms with van der Waals surface area (Å²) in [5.41, 5.74) is 5.47. The molecule has 9 rings (SSSR count). The number of thiazole rings is 3. The van der Waals surface area contributed by atoms with Crippen LogP contribution in [0.4, 0.5) is 0 Å². The third kappa shape index (κ3) is 12.4. The van der Waals surface area contributed by atoms with Crippen LogP contribution in [-0.4, -0.2) is 23.4 Å². The summed E-state index contributed by atoms with van der Waals surface area (Å²) in [4.78, 5) is 15.3. The third-order valence-electron chi connectivity index (χ3n) is 8.35. The minimum Gasteiger partial charge on any atom is -0.325 e. The number of nitrogens with two attached hydrogens (primary N) is 1. The predicted molar refractivity (Wildman–Crippen MR) is 257 cm³/mol. The van der Waals surface area contributed by atoms with E-state index in [0.29, 0.717) is 5.01 Å². The molecule has 0 amide bonds. The van der Waals surface area contributed by atoms with E-state index in [9.17, 15) is 8.42 Å². The molecule has 2 N–H and O–H groups in total. The summed E-state index contributed by atoms with van der Waals surface area (Å²) < 4.78 is 26.0. The van der Waals surface area contributed by atoms with E-state index >= 15 is 0 Å². The van der Waals surface area contributed by atoms with Crippen LogP contribution in [0.2, 0.25) is 0 Å². The van der Waals surface area contributed by atoms with Gasteiger partial charge in [-0.3, -0.25) is 0 Å². The van der Waals surface area contributed by atoms with Crippen LogP contribution >= 0.6 is 86.7 Å². The van der Waals surface area contributed by atoms with Crippen molar-refractivity contribution in [3.63, 3.8) is 0 Å². The zero-order valence-electron chi connectivity index (χ0n) is 31.5. The molecule has 6 nitrogen and oxygen atoms in total. The quantitative estimate of drug-likeness (QED) is 0.154. The van der Waals surface area contributed by atoms with Gasteiger partial charge >= 0.3 is 0 Å². The van der Waals surface area contributed by atoms with Crippen molar-refractivity contribution in [1.82, 2.24) is 15.0 Å². The van der Waals surface area contributed by atoms with Gasteiger partial charge < -0.3 is 5.73 Å². The number of sulfone groups is 1. The van der Waals surface area contributed by atoms with Crippen molar-refractivity contribution in [2.45, 2.75) is 58.0 Å². The molecule has 0 aliphatic rings. The minimum absolute atomic E-state index is 0. The Bertz CT molecular complexity index is 2820. The highest BCUT2D eigenvalue weighted by Gasteiger charge is 2.21. The van der Waals surface area contributed by atoms with Gasteiger partial charge in [-0.25, -0.2) is 23.4 Å². The van der Waals surface area contributed by atoms with Crippen LogP contribution in [-0.2, 0) is 29.2 Å². The maximum absolute atomic E-state index is 12.5. The SMILES string of the molecule is CCc1nc(Br)cs1.CCc1nc(Sc2ccc3ccccc3c2)cs1.Cl.NCc1nc(S(=O)(=O)c2ccc3ccccc3c2)cs1.Sc1ccc2ccccc2c1. The molecule has 14 heteroatoms. The van der Waals surface area contributed by atoms with Gasteiger partial charge in [0, 0.05) is 32.5 Å². The molecule has 0 bridgehead atoms.